The van der Waals surface area contributed by atoms with Crippen molar-refractivity contribution in [1.29, 1.82) is 0 Å². The fraction of sp³-hybridized carbons (Fsp3) is 0.308. The fourth-order valence-electron chi connectivity index (χ4n) is 4.36. The van der Waals surface area contributed by atoms with Crippen LogP contribution in [0.1, 0.15) is 34.8 Å². The number of aromatic nitrogens is 1. The number of hydrogen-bond donors (Lipinski definition) is 3. The Morgan fingerprint density at radius 3 is 2.58 bits per heavy atom. The molecule has 1 atom stereocenters. The molecule has 2 aromatic carbocycles. The molecule has 172 valence electrons. The van der Waals surface area contributed by atoms with Gasteiger partial charge in [-0.25, -0.2) is 9.18 Å². The molecule has 2 heterocycles. The first-order valence-electron chi connectivity index (χ1n) is 11.2. The Labute approximate surface area is 192 Å². The standard InChI is InChI=1S/C26H28FN3O3/c1-2-19-13-23(26(32)33)25(31)29-24(19)20-5-9-22(10-6-20)30-12-11-18(16-30)15-28-14-17-3-7-21(27)8-4-17/h3-10,13,18,28H,2,11-12,14-16H2,1H3,(H,29,31)(H,32,33). The van der Waals surface area contributed by atoms with Gasteiger partial charge in [0.15, 0.2) is 0 Å². The normalized spacial score (nSPS) is 15.7. The minimum absolute atomic E-state index is 0.217. The second-order valence-corrected chi connectivity index (χ2v) is 8.48. The third kappa shape index (κ3) is 5.31. The number of aryl methyl sites for hydroxylation is 1. The van der Waals surface area contributed by atoms with E-state index in [0.717, 1.165) is 55.0 Å². The number of nitrogens with zero attached hydrogens (tertiary/aromatic N) is 1. The second kappa shape index (κ2) is 10.0. The van der Waals surface area contributed by atoms with E-state index in [9.17, 15) is 19.1 Å². The van der Waals surface area contributed by atoms with Crippen molar-refractivity contribution in [2.75, 3.05) is 24.5 Å². The first kappa shape index (κ1) is 22.7. The number of halogens is 1. The molecule has 1 fully saturated rings. The molecule has 4 rings (SSSR count). The van der Waals surface area contributed by atoms with Gasteiger partial charge < -0.3 is 20.3 Å². The summed E-state index contributed by atoms with van der Waals surface area (Å²) >= 11 is 0. The maximum absolute atomic E-state index is 13.0. The van der Waals surface area contributed by atoms with Crippen LogP contribution in [0.2, 0.25) is 0 Å². The molecule has 1 aromatic heterocycles. The molecule has 1 aliphatic heterocycles. The third-order valence-corrected chi connectivity index (χ3v) is 6.22. The number of pyridine rings is 1. The van der Waals surface area contributed by atoms with Gasteiger partial charge in [-0.3, -0.25) is 4.79 Å². The maximum atomic E-state index is 13.0. The van der Waals surface area contributed by atoms with Crippen LogP contribution in [0.5, 0.6) is 0 Å². The summed E-state index contributed by atoms with van der Waals surface area (Å²) in [6.07, 6.45) is 1.72. The predicted molar refractivity (Wildman–Crippen MR) is 127 cm³/mol. The number of aromatic carboxylic acids is 1. The van der Waals surface area contributed by atoms with E-state index < -0.39 is 11.5 Å². The zero-order chi connectivity index (χ0) is 23.4. The highest BCUT2D eigenvalue weighted by molar-refractivity contribution is 5.88. The largest absolute Gasteiger partial charge is 0.477 e. The van der Waals surface area contributed by atoms with Gasteiger partial charge >= 0.3 is 5.97 Å². The molecule has 3 N–H and O–H groups in total. The van der Waals surface area contributed by atoms with Crippen LogP contribution in [0.25, 0.3) is 11.3 Å². The summed E-state index contributed by atoms with van der Waals surface area (Å²) in [4.78, 5) is 28.5. The monoisotopic (exact) mass is 449 g/mol. The number of nitrogens with one attached hydrogen (secondary N) is 2. The van der Waals surface area contributed by atoms with Gasteiger partial charge in [-0.15, -0.1) is 0 Å². The highest BCUT2D eigenvalue weighted by Crippen LogP contribution is 2.28. The Kier molecular flexibility index (Phi) is 6.89. The van der Waals surface area contributed by atoms with Crippen molar-refractivity contribution in [3.8, 4) is 11.3 Å². The van der Waals surface area contributed by atoms with Crippen molar-refractivity contribution in [2.45, 2.75) is 26.3 Å². The summed E-state index contributed by atoms with van der Waals surface area (Å²) in [5.74, 6) is -0.897. The SMILES string of the molecule is CCc1cc(C(=O)O)c(=O)[nH]c1-c1ccc(N2CCC(CNCc3ccc(F)cc3)C2)cc1. The number of rotatable bonds is 8. The Morgan fingerprint density at radius 2 is 1.91 bits per heavy atom. The molecule has 1 saturated heterocycles. The molecular weight excluding hydrogens is 421 g/mol. The number of carbonyl (C=O) groups is 1. The molecule has 7 heteroatoms. The lowest BCUT2D eigenvalue weighted by Crippen LogP contribution is -2.26. The Hall–Kier alpha value is -3.45. The minimum atomic E-state index is -1.22. The van der Waals surface area contributed by atoms with E-state index in [1.165, 1.54) is 18.2 Å². The van der Waals surface area contributed by atoms with Crippen molar-refractivity contribution in [1.82, 2.24) is 10.3 Å². The topological polar surface area (TPSA) is 85.4 Å². The Morgan fingerprint density at radius 1 is 1.18 bits per heavy atom. The van der Waals surface area contributed by atoms with Gasteiger partial charge in [-0.05, 0) is 65.8 Å². The lowest BCUT2D eigenvalue weighted by molar-refractivity contribution is 0.0695. The van der Waals surface area contributed by atoms with Gasteiger partial charge in [0.1, 0.15) is 11.4 Å². The average Bonchev–Trinajstić information content (AvgIpc) is 3.29. The average molecular weight is 450 g/mol. The van der Waals surface area contributed by atoms with Crippen molar-refractivity contribution in [3.63, 3.8) is 0 Å². The summed E-state index contributed by atoms with van der Waals surface area (Å²) in [6, 6.07) is 16.1. The van der Waals surface area contributed by atoms with E-state index in [1.54, 1.807) is 12.1 Å². The Bertz CT molecular complexity index is 1170. The number of anilines is 1. The molecule has 0 radical (unpaired) electrons. The molecule has 0 bridgehead atoms. The van der Waals surface area contributed by atoms with Crippen molar-refractivity contribution in [3.05, 3.63) is 87.5 Å². The van der Waals surface area contributed by atoms with E-state index in [2.05, 4.69) is 15.2 Å². The number of carboxylic acids is 1. The van der Waals surface area contributed by atoms with Crippen LogP contribution in [-0.2, 0) is 13.0 Å². The smallest absolute Gasteiger partial charge is 0.341 e. The zero-order valence-electron chi connectivity index (χ0n) is 18.6. The van der Waals surface area contributed by atoms with E-state index in [1.807, 2.05) is 31.2 Å². The Balaban J connectivity index is 1.38. The number of H-pyrrole nitrogens is 1. The lowest BCUT2D eigenvalue weighted by Gasteiger charge is -2.19. The fourth-order valence-corrected chi connectivity index (χ4v) is 4.36. The van der Waals surface area contributed by atoms with Gasteiger partial charge in [0.25, 0.3) is 5.56 Å². The molecule has 1 unspecified atom stereocenters. The highest BCUT2D eigenvalue weighted by atomic mass is 19.1. The lowest BCUT2D eigenvalue weighted by atomic mass is 10.0. The van der Waals surface area contributed by atoms with Crippen molar-refractivity contribution < 1.29 is 14.3 Å². The number of hydrogen-bond acceptors (Lipinski definition) is 4. The summed E-state index contributed by atoms with van der Waals surface area (Å²) < 4.78 is 13.0. The van der Waals surface area contributed by atoms with Gasteiger partial charge in [0, 0.05) is 31.9 Å². The van der Waals surface area contributed by atoms with E-state index >= 15 is 0 Å². The van der Waals surface area contributed by atoms with Crippen LogP contribution in [0.15, 0.2) is 59.4 Å². The molecule has 1 aliphatic rings. The van der Waals surface area contributed by atoms with Gasteiger partial charge in [-0.1, -0.05) is 31.2 Å². The number of aromatic amines is 1. The summed E-state index contributed by atoms with van der Waals surface area (Å²) in [7, 11) is 0. The van der Waals surface area contributed by atoms with Crippen LogP contribution in [0.3, 0.4) is 0 Å². The van der Waals surface area contributed by atoms with E-state index in [4.69, 9.17) is 0 Å². The highest BCUT2D eigenvalue weighted by Gasteiger charge is 2.22. The van der Waals surface area contributed by atoms with Gasteiger partial charge in [-0.2, -0.15) is 0 Å². The summed E-state index contributed by atoms with van der Waals surface area (Å²) in [5, 5.41) is 12.7. The van der Waals surface area contributed by atoms with Crippen molar-refractivity contribution >= 4 is 11.7 Å². The van der Waals surface area contributed by atoms with Crippen LogP contribution < -0.4 is 15.8 Å². The maximum Gasteiger partial charge on any atom is 0.341 e. The van der Waals surface area contributed by atoms with E-state index in [0.29, 0.717) is 18.0 Å². The summed E-state index contributed by atoms with van der Waals surface area (Å²) in [5.41, 5.74) is 3.71. The first-order chi connectivity index (χ1) is 15.9. The molecule has 3 aromatic rings. The minimum Gasteiger partial charge on any atom is -0.477 e. The van der Waals surface area contributed by atoms with Gasteiger partial charge in [0.2, 0.25) is 0 Å². The quantitative estimate of drug-likeness (QED) is 0.483. The molecular formula is C26H28FN3O3. The van der Waals surface area contributed by atoms with Crippen LogP contribution in [0, 0.1) is 11.7 Å². The van der Waals surface area contributed by atoms with Crippen LogP contribution >= 0.6 is 0 Å². The number of benzene rings is 2. The molecule has 0 aliphatic carbocycles. The predicted octanol–water partition coefficient (Wildman–Crippen LogP) is 4.06. The van der Waals surface area contributed by atoms with Gasteiger partial charge in [0.05, 0.1) is 5.69 Å². The molecule has 0 saturated carbocycles. The van der Waals surface area contributed by atoms with Crippen molar-refractivity contribution in [2.24, 2.45) is 5.92 Å². The number of carboxylic acid groups (broad SMARTS) is 1. The molecule has 33 heavy (non-hydrogen) atoms. The second-order valence-electron chi connectivity index (χ2n) is 8.48. The molecule has 6 nitrogen and oxygen atoms in total. The first-order valence-corrected chi connectivity index (χ1v) is 11.2. The third-order valence-electron chi connectivity index (χ3n) is 6.22. The van der Waals surface area contributed by atoms with E-state index in [-0.39, 0.29) is 11.4 Å². The summed E-state index contributed by atoms with van der Waals surface area (Å²) in [6.45, 7) is 5.51. The van der Waals surface area contributed by atoms with Crippen LogP contribution in [0.4, 0.5) is 10.1 Å². The van der Waals surface area contributed by atoms with Crippen LogP contribution in [-0.4, -0.2) is 35.7 Å². The molecule has 0 spiro atoms. The molecule has 0 amide bonds. The zero-order valence-corrected chi connectivity index (χ0v) is 18.6.